The quantitative estimate of drug-likeness (QED) is 0.122. The molecule has 1 fully saturated rings. The molecule has 10 nitrogen and oxygen atoms in total. The van der Waals surface area contributed by atoms with Gasteiger partial charge < -0.3 is 23.8 Å². The molecule has 0 radical (unpaired) electrons. The lowest BCUT2D eigenvalue weighted by molar-refractivity contribution is -0.166. The molecule has 4 heterocycles. The maximum absolute atomic E-state index is 13.5. The highest BCUT2D eigenvalue weighted by Gasteiger charge is 2.38. The molecule has 1 saturated heterocycles. The normalized spacial score (nSPS) is 15.6. The highest BCUT2D eigenvalue weighted by Crippen LogP contribution is 2.39. The zero-order valence-electron chi connectivity index (χ0n) is 28.0. The number of carbonyl (C=O) groups excluding carboxylic acids is 1. The summed E-state index contributed by atoms with van der Waals surface area (Å²) in [6.45, 7) is 17.6. The number of hydrogen-bond acceptors (Lipinski definition) is 10. The molecule has 246 valence electrons. The number of rotatable bonds is 12. The Morgan fingerprint density at radius 3 is 2.63 bits per heavy atom. The van der Waals surface area contributed by atoms with Gasteiger partial charge >= 0.3 is 5.97 Å². The van der Waals surface area contributed by atoms with Crippen molar-refractivity contribution in [1.82, 2.24) is 19.6 Å². The predicted molar refractivity (Wildman–Crippen MR) is 181 cm³/mol. The summed E-state index contributed by atoms with van der Waals surface area (Å²) in [6.07, 6.45) is 4.97. The molecule has 0 unspecified atom stereocenters. The van der Waals surface area contributed by atoms with Crippen LogP contribution in [0, 0.1) is 6.92 Å². The van der Waals surface area contributed by atoms with Gasteiger partial charge in [0.05, 0.1) is 37.1 Å². The lowest BCUT2D eigenvalue weighted by Gasteiger charge is -2.41. The molecule has 1 aromatic carbocycles. The van der Waals surface area contributed by atoms with Gasteiger partial charge in [0.1, 0.15) is 22.3 Å². The van der Waals surface area contributed by atoms with Crippen LogP contribution in [-0.4, -0.2) is 70.2 Å². The van der Waals surface area contributed by atoms with Crippen molar-refractivity contribution in [3.05, 3.63) is 70.9 Å². The molecule has 1 aliphatic rings. The highest BCUT2D eigenvalue weighted by atomic mass is 32.1. The summed E-state index contributed by atoms with van der Waals surface area (Å²) >= 11 is 1.59. The fourth-order valence-electron chi connectivity index (χ4n) is 5.77. The second-order valence-corrected chi connectivity index (χ2v) is 13.9. The van der Waals surface area contributed by atoms with Gasteiger partial charge in [-0.2, -0.15) is 9.61 Å². The van der Waals surface area contributed by atoms with Crippen LogP contribution in [0.15, 0.2) is 49.2 Å². The number of fused-ring (bicyclic) bond motifs is 1. The number of methoxy groups -OCH3 is 1. The van der Waals surface area contributed by atoms with Gasteiger partial charge in [0, 0.05) is 42.3 Å². The number of nitrogens with zero attached hydrogens (tertiary/aromatic N) is 5. The number of ether oxygens (including phenoxy) is 4. The number of carbonyl (C=O) groups is 1. The van der Waals surface area contributed by atoms with E-state index in [1.807, 2.05) is 62.7 Å². The van der Waals surface area contributed by atoms with Crippen LogP contribution in [0.2, 0.25) is 0 Å². The van der Waals surface area contributed by atoms with Gasteiger partial charge in [-0.25, -0.2) is 14.8 Å². The monoisotopic (exact) mass is 647 g/mol. The predicted octanol–water partition coefficient (Wildman–Crippen LogP) is 6.74. The first-order valence-electron chi connectivity index (χ1n) is 15.8. The number of para-hydroxylation sites is 1. The molecule has 4 aromatic rings. The van der Waals surface area contributed by atoms with Crippen molar-refractivity contribution in [1.29, 1.82) is 0 Å². The van der Waals surface area contributed by atoms with Crippen LogP contribution in [0.1, 0.15) is 75.3 Å². The first-order chi connectivity index (χ1) is 21.9. The average Bonchev–Trinajstić information content (AvgIpc) is 3.66. The fraction of sp³-hybridized carbons (Fsp3) is 0.486. The number of thiazole rings is 1. The highest BCUT2D eigenvalue weighted by molar-refractivity contribution is 7.15. The van der Waals surface area contributed by atoms with E-state index in [-0.39, 0.29) is 12.2 Å². The third-order valence-electron chi connectivity index (χ3n) is 8.04. The van der Waals surface area contributed by atoms with Crippen LogP contribution >= 0.6 is 11.3 Å². The van der Waals surface area contributed by atoms with Crippen molar-refractivity contribution in [2.45, 2.75) is 78.1 Å². The van der Waals surface area contributed by atoms with E-state index in [4.69, 9.17) is 34.0 Å². The molecule has 1 atom stereocenters. The summed E-state index contributed by atoms with van der Waals surface area (Å²) in [5.41, 5.74) is 2.92. The topological polar surface area (TPSA) is 100 Å². The Kier molecular flexibility index (Phi) is 10.1. The van der Waals surface area contributed by atoms with E-state index in [1.54, 1.807) is 31.4 Å². The first-order valence-corrected chi connectivity index (χ1v) is 16.6. The van der Waals surface area contributed by atoms with Crippen molar-refractivity contribution in [2.24, 2.45) is 0 Å². The largest absolute Gasteiger partial charge is 0.496 e. The Labute approximate surface area is 275 Å². The van der Waals surface area contributed by atoms with Crippen molar-refractivity contribution < 1.29 is 23.7 Å². The van der Waals surface area contributed by atoms with Crippen LogP contribution in [-0.2, 0) is 25.4 Å². The molecule has 0 N–H and O–H groups in total. The molecule has 46 heavy (non-hydrogen) atoms. The number of benzene rings is 1. The van der Waals surface area contributed by atoms with Gasteiger partial charge in [-0.05, 0) is 66.0 Å². The number of aryl methyl sites for hydroxylation is 1. The van der Waals surface area contributed by atoms with Crippen LogP contribution in [0.25, 0.3) is 16.3 Å². The molecule has 0 spiro atoms. The molecular formula is C35H45N5O5S. The summed E-state index contributed by atoms with van der Waals surface area (Å²) < 4.78 is 25.5. The Balaban J connectivity index is 1.59. The van der Waals surface area contributed by atoms with E-state index in [0.29, 0.717) is 48.7 Å². The van der Waals surface area contributed by atoms with Gasteiger partial charge in [-0.15, -0.1) is 17.9 Å². The Bertz CT molecular complexity index is 1680. The second kappa shape index (κ2) is 13.9. The van der Waals surface area contributed by atoms with Crippen LogP contribution in [0.4, 0.5) is 5.82 Å². The first kappa shape index (κ1) is 33.6. The lowest BCUT2D eigenvalue weighted by atomic mass is 9.92. The molecule has 0 bridgehead atoms. The van der Waals surface area contributed by atoms with Crippen LogP contribution in [0.3, 0.4) is 0 Å². The zero-order valence-corrected chi connectivity index (χ0v) is 28.8. The summed E-state index contributed by atoms with van der Waals surface area (Å²) in [5, 5.41) is 5.86. The van der Waals surface area contributed by atoms with Gasteiger partial charge in [-0.1, -0.05) is 24.3 Å². The van der Waals surface area contributed by atoms with Crippen LogP contribution < -0.4 is 9.64 Å². The zero-order chi connectivity index (χ0) is 33.1. The van der Waals surface area contributed by atoms with Crippen molar-refractivity contribution in [3.8, 4) is 16.5 Å². The maximum Gasteiger partial charge on any atom is 0.340 e. The summed E-state index contributed by atoms with van der Waals surface area (Å²) in [7, 11) is 1.69. The van der Waals surface area contributed by atoms with E-state index < -0.39 is 17.7 Å². The molecular weight excluding hydrogens is 602 g/mol. The lowest BCUT2D eigenvalue weighted by Crippen LogP contribution is -2.45. The fourth-order valence-corrected chi connectivity index (χ4v) is 6.66. The number of anilines is 1. The second-order valence-electron chi connectivity index (χ2n) is 12.8. The maximum atomic E-state index is 13.5. The van der Waals surface area contributed by atoms with Crippen molar-refractivity contribution in [2.75, 3.05) is 38.3 Å². The van der Waals surface area contributed by atoms with Gasteiger partial charge in [0.15, 0.2) is 11.8 Å². The summed E-state index contributed by atoms with van der Waals surface area (Å²) in [5.74, 6) is 1.17. The Morgan fingerprint density at radius 1 is 1.22 bits per heavy atom. The van der Waals surface area contributed by atoms with Crippen LogP contribution in [0.5, 0.6) is 5.75 Å². The smallest absolute Gasteiger partial charge is 0.340 e. The minimum atomic E-state index is -0.989. The van der Waals surface area contributed by atoms with E-state index >= 15 is 0 Å². The van der Waals surface area contributed by atoms with Gasteiger partial charge in [0.2, 0.25) is 0 Å². The van der Waals surface area contributed by atoms with E-state index in [0.717, 1.165) is 39.9 Å². The van der Waals surface area contributed by atoms with E-state index in [1.165, 1.54) is 0 Å². The molecule has 11 heteroatoms. The third-order valence-corrected chi connectivity index (χ3v) is 9.06. The third kappa shape index (κ3) is 7.43. The number of hydrogen-bond donors (Lipinski definition) is 0. The SMILES string of the molecule is C=CCOC1(C)CCN(c2c([C@H](OC(C)(C)C)C(=O)OCC)c(C)nc3cc(-c4ncc(Cc5ccccc5OC)s4)nn23)CC1. The van der Waals surface area contributed by atoms with E-state index in [9.17, 15) is 4.79 Å². The molecule has 5 rings (SSSR count). The Morgan fingerprint density at radius 2 is 1.96 bits per heavy atom. The molecule has 0 aliphatic carbocycles. The van der Waals surface area contributed by atoms with Crippen molar-refractivity contribution in [3.63, 3.8) is 0 Å². The summed E-state index contributed by atoms with van der Waals surface area (Å²) in [4.78, 5) is 26.6. The molecule has 0 amide bonds. The van der Waals surface area contributed by atoms with Gasteiger partial charge in [-0.3, -0.25) is 0 Å². The Hall–Kier alpha value is -3.80. The number of piperidine rings is 1. The van der Waals surface area contributed by atoms with E-state index in [2.05, 4.69) is 24.5 Å². The van der Waals surface area contributed by atoms with Crippen molar-refractivity contribution >= 4 is 28.8 Å². The minimum Gasteiger partial charge on any atom is -0.496 e. The molecule has 3 aromatic heterocycles. The average molecular weight is 648 g/mol. The number of esters is 1. The molecule has 1 aliphatic heterocycles. The summed E-state index contributed by atoms with van der Waals surface area (Å²) in [6, 6.07) is 9.96. The molecule has 0 saturated carbocycles. The number of aromatic nitrogens is 4. The standard InChI is InChI=1S/C35H45N5O5S/c1-9-19-44-35(7)15-17-39(18-16-35)32-29(30(33(41)43-10-2)45-34(4,5)6)23(3)37-28-21-26(38-40(28)32)31-36-22-25(46-31)20-24-13-11-12-14-27(24)42-8/h9,11-14,21-22,30H,1,10,15-20H2,2-8H3/t30-/m0/s1. The minimum absolute atomic E-state index is 0.239. The van der Waals surface area contributed by atoms with Gasteiger partial charge in [0.25, 0.3) is 0 Å².